The van der Waals surface area contributed by atoms with Crippen molar-refractivity contribution in [1.82, 2.24) is 0 Å². The van der Waals surface area contributed by atoms with Crippen molar-refractivity contribution in [3.63, 3.8) is 0 Å². The van der Waals surface area contributed by atoms with E-state index in [1.54, 1.807) is 0 Å². The standard InChI is InChI=1S/C26H39ClN2/c1-19(2)25(6,17-28)15-14-22(5)26(7,18-29)21(4)13-12-20(3)16-23-10-8-9-11-24(23)27/h8-11,19-22H,12-16H2,1-7H3. The molecular weight excluding hydrogens is 376 g/mol. The molecule has 5 atom stereocenters. The van der Waals surface area contributed by atoms with Crippen LogP contribution in [0.2, 0.25) is 5.02 Å². The molecule has 0 aliphatic rings. The summed E-state index contributed by atoms with van der Waals surface area (Å²) in [5, 5.41) is 20.5. The van der Waals surface area contributed by atoms with Gasteiger partial charge in [-0.2, -0.15) is 10.5 Å². The zero-order valence-electron chi connectivity index (χ0n) is 19.4. The first kappa shape index (κ1) is 25.5. The van der Waals surface area contributed by atoms with E-state index in [1.807, 2.05) is 25.1 Å². The zero-order valence-corrected chi connectivity index (χ0v) is 20.2. The quantitative estimate of drug-likeness (QED) is 0.367. The molecule has 160 valence electrons. The summed E-state index contributed by atoms with van der Waals surface area (Å²) in [5.74, 6) is 1.41. The summed E-state index contributed by atoms with van der Waals surface area (Å²) < 4.78 is 0. The molecule has 1 aromatic carbocycles. The molecule has 1 rings (SSSR count). The van der Waals surface area contributed by atoms with Crippen molar-refractivity contribution in [3.05, 3.63) is 34.9 Å². The van der Waals surface area contributed by atoms with Crippen molar-refractivity contribution in [2.75, 3.05) is 0 Å². The van der Waals surface area contributed by atoms with Gasteiger partial charge >= 0.3 is 0 Å². The molecule has 0 aromatic heterocycles. The van der Waals surface area contributed by atoms with Gasteiger partial charge in [0, 0.05) is 5.02 Å². The second-order valence-corrected chi connectivity index (χ2v) is 10.3. The fraction of sp³-hybridized carbons (Fsp3) is 0.692. The third-order valence-electron chi connectivity index (χ3n) is 7.53. The van der Waals surface area contributed by atoms with E-state index >= 15 is 0 Å². The summed E-state index contributed by atoms with van der Waals surface area (Å²) in [6.07, 6.45) is 4.83. The van der Waals surface area contributed by atoms with Gasteiger partial charge in [-0.15, -0.1) is 0 Å². The van der Waals surface area contributed by atoms with Crippen molar-refractivity contribution in [2.45, 2.75) is 80.6 Å². The third-order valence-corrected chi connectivity index (χ3v) is 7.90. The normalized spacial score (nSPS) is 18.7. The Morgan fingerprint density at radius 1 is 0.897 bits per heavy atom. The molecule has 0 saturated heterocycles. The third kappa shape index (κ3) is 6.76. The maximum Gasteiger partial charge on any atom is 0.0692 e. The zero-order chi connectivity index (χ0) is 22.2. The average Bonchev–Trinajstić information content (AvgIpc) is 2.70. The minimum Gasteiger partial charge on any atom is -0.198 e. The Morgan fingerprint density at radius 3 is 2.00 bits per heavy atom. The fourth-order valence-corrected chi connectivity index (χ4v) is 4.18. The Labute approximate surface area is 184 Å². The van der Waals surface area contributed by atoms with E-state index in [9.17, 15) is 10.5 Å². The molecule has 5 unspecified atom stereocenters. The van der Waals surface area contributed by atoms with Crippen molar-refractivity contribution in [1.29, 1.82) is 10.5 Å². The first-order chi connectivity index (χ1) is 13.5. The minimum absolute atomic E-state index is 0.257. The van der Waals surface area contributed by atoms with E-state index in [0.29, 0.717) is 17.8 Å². The fourth-order valence-electron chi connectivity index (χ4n) is 3.97. The van der Waals surface area contributed by atoms with E-state index in [4.69, 9.17) is 11.6 Å². The molecule has 29 heavy (non-hydrogen) atoms. The van der Waals surface area contributed by atoms with Crippen molar-refractivity contribution in [2.24, 2.45) is 34.5 Å². The second kappa shape index (κ2) is 11.0. The van der Waals surface area contributed by atoms with Gasteiger partial charge in [-0.1, -0.05) is 70.8 Å². The summed E-state index contributed by atoms with van der Waals surface area (Å²) in [6, 6.07) is 13.2. The summed E-state index contributed by atoms with van der Waals surface area (Å²) in [4.78, 5) is 0. The monoisotopic (exact) mass is 414 g/mol. The Kier molecular flexibility index (Phi) is 9.71. The van der Waals surface area contributed by atoms with Crippen LogP contribution in [-0.2, 0) is 6.42 Å². The Hall–Kier alpha value is -1.51. The predicted octanol–water partition coefficient (Wildman–Crippen LogP) is 8.07. The molecule has 3 heteroatoms. The highest BCUT2D eigenvalue weighted by Gasteiger charge is 2.38. The van der Waals surface area contributed by atoms with Gasteiger partial charge in [-0.3, -0.25) is 0 Å². The van der Waals surface area contributed by atoms with E-state index in [2.05, 4.69) is 59.7 Å². The molecular formula is C26H39ClN2. The van der Waals surface area contributed by atoms with Crippen LogP contribution in [0.15, 0.2) is 24.3 Å². The summed E-state index contributed by atoms with van der Waals surface area (Å²) in [7, 11) is 0. The molecule has 0 spiro atoms. The highest BCUT2D eigenvalue weighted by Crippen LogP contribution is 2.43. The van der Waals surface area contributed by atoms with Crippen LogP contribution in [0.3, 0.4) is 0 Å². The maximum absolute atomic E-state index is 10.0. The molecule has 0 heterocycles. The van der Waals surface area contributed by atoms with Crippen LogP contribution in [0.1, 0.15) is 79.7 Å². The minimum atomic E-state index is -0.378. The lowest BCUT2D eigenvalue weighted by atomic mass is 9.65. The lowest BCUT2D eigenvalue weighted by Crippen LogP contribution is -2.33. The Bertz CT molecular complexity index is 729. The summed E-state index contributed by atoms with van der Waals surface area (Å²) >= 11 is 6.31. The van der Waals surface area contributed by atoms with Crippen molar-refractivity contribution in [3.8, 4) is 12.1 Å². The molecule has 0 radical (unpaired) electrons. The van der Waals surface area contributed by atoms with Crippen LogP contribution in [-0.4, -0.2) is 0 Å². The topological polar surface area (TPSA) is 47.6 Å². The van der Waals surface area contributed by atoms with Gasteiger partial charge in [0.2, 0.25) is 0 Å². The number of rotatable bonds is 11. The average molecular weight is 415 g/mol. The molecule has 0 fully saturated rings. The molecule has 2 nitrogen and oxygen atoms in total. The molecule has 0 aliphatic heterocycles. The van der Waals surface area contributed by atoms with Crippen molar-refractivity contribution >= 4 is 11.6 Å². The highest BCUT2D eigenvalue weighted by atomic mass is 35.5. The molecule has 0 aliphatic carbocycles. The maximum atomic E-state index is 10.0. The Morgan fingerprint density at radius 2 is 1.48 bits per heavy atom. The van der Waals surface area contributed by atoms with Crippen LogP contribution in [0.25, 0.3) is 0 Å². The van der Waals surface area contributed by atoms with Gasteiger partial charge in [0.25, 0.3) is 0 Å². The number of benzene rings is 1. The largest absolute Gasteiger partial charge is 0.198 e. The predicted molar refractivity (Wildman–Crippen MR) is 123 cm³/mol. The van der Waals surface area contributed by atoms with E-state index < -0.39 is 0 Å². The highest BCUT2D eigenvalue weighted by molar-refractivity contribution is 6.31. The molecule has 0 N–H and O–H groups in total. The van der Waals surface area contributed by atoms with Gasteiger partial charge in [0.15, 0.2) is 0 Å². The molecule has 0 bridgehead atoms. The van der Waals surface area contributed by atoms with Gasteiger partial charge in [0.05, 0.1) is 23.0 Å². The summed E-state index contributed by atoms with van der Waals surface area (Å²) in [5.41, 5.74) is 0.504. The summed E-state index contributed by atoms with van der Waals surface area (Å²) in [6.45, 7) is 15.1. The smallest absolute Gasteiger partial charge is 0.0692 e. The first-order valence-electron chi connectivity index (χ1n) is 11.1. The second-order valence-electron chi connectivity index (χ2n) is 9.90. The SMILES string of the molecule is CC(CCC(C)C(C)(C#N)C(C)CCC(C)(C#N)C(C)C)Cc1ccccc1Cl. The Balaban J connectivity index is 2.69. The molecule has 0 saturated carbocycles. The van der Waals surface area contributed by atoms with E-state index in [0.717, 1.165) is 37.1 Å². The molecule has 0 amide bonds. The van der Waals surface area contributed by atoms with Gasteiger partial charge in [-0.25, -0.2) is 0 Å². The van der Waals surface area contributed by atoms with Crippen LogP contribution in [0, 0.1) is 57.2 Å². The number of hydrogen-bond donors (Lipinski definition) is 0. The van der Waals surface area contributed by atoms with Crippen molar-refractivity contribution < 1.29 is 0 Å². The first-order valence-corrected chi connectivity index (χ1v) is 11.4. The van der Waals surface area contributed by atoms with Crippen LogP contribution in [0.4, 0.5) is 0 Å². The number of nitriles is 2. The van der Waals surface area contributed by atoms with Crippen LogP contribution < -0.4 is 0 Å². The van der Waals surface area contributed by atoms with Crippen LogP contribution >= 0.6 is 11.6 Å². The van der Waals surface area contributed by atoms with E-state index in [1.165, 1.54) is 5.56 Å². The lowest BCUT2D eigenvalue weighted by Gasteiger charge is -2.37. The van der Waals surface area contributed by atoms with Crippen LogP contribution in [0.5, 0.6) is 0 Å². The number of nitrogens with zero attached hydrogens (tertiary/aromatic N) is 2. The van der Waals surface area contributed by atoms with E-state index in [-0.39, 0.29) is 16.7 Å². The lowest BCUT2D eigenvalue weighted by molar-refractivity contribution is 0.142. The van der Waals surface area contributed by atoms with Gasteiger partial charge in [0.1, 0.15) is 0 Å². The molecule has 1 aromatic rings. The van der Waals surface area contributed by atoms with Gasteiger partial charge in [-0.05, 0) is 74.8 Å². The van der Waals surface area contributed by atoms with Gasteiger partial charge < -0.3 is 0 Å². The number of halogens is 1. The number of hydrogen-bond acceptors (Lipinski definition) is 2.